The molecule has 0 radical (unpaired) electrons. The smallest absolute Gasteiger partial charge is 0.410 e. The fourth-order valence-electron chi connectivity index (χ4n) is 5.92. The van der Waals surface area contributed by atoms with Gasteiger partial charge in [-0.25, -0.2) is 4.79 Å². The van der Waals surface area contributed by atoms with E-state index in [1.165, 1.54) is 34.7 Å². The SMILES string of the molecule is O=C(c1cnoc1)C1CC2CCC(C1)N2C(=O)OCC1c2ccccc2-c2ccccc21. The minimum Gasteiger partial charge on any atom is -0.448 e. The molecule has 6 heteroatoms. The second kappa shape index (κ2) is 7.62. The van der Waals surface area contributed by atoms with Gasteiger partial charge in [0.2, 0.25) is 0 Å². The van der Waals surface area contributed by atoms with E-state index in [-0.39, 0.29) is 35.8 Å². The van der Waals surface area contributed by atoms with Crippen molar-refractivity contribution in [3.05, 3.63) is 77.7 Å². The molecule has 1 aliphatic carbocycles. The molecule has 2 fully saturated rings. The second-order valence-corrected chi connectivity index (χ2v) is 9.04. The van der Waals surface area contributed by atoms with Gasteiger partial charge < -0.3 is 14.2 Å². The number of hydrogen-bond donors (Lipinski definition) is 0. The third-order valence-electron chi connectivity index (χ3n) is 7.37. The molecule has 3 aromatic rings. The average molecular weight is 428 g/mol. The van der Waals surface area contributed by atoms with E-state index in [2.05, 4.69) is 29.4 Å². The molecule has 3 heterocycles. The zero-order valence-electron chi connectivity index (χ0n) is 17.6. The van der Waals surface area contributed by atoms with Gasteiger partial charge >= 0.3 is 6.09 Å². The lowest BCUT2D eigenvalue weighted by Gasteiger charge is -2.37. The van der Waals surface area contributed by atoms with Crippen molar-refractivity contribution in [3.8, 4) is 11.1 Å². The fourth-order valence-corrected chi connectivity index (χ4v) is 5.92. The third kappa shape index (κ3) is 3.05. The van der Waals surface area contributed by atoms with Crippen molar-refractivity contribution in [2.45, 2.75) is 43.7 Å². The summed E-state index contributed by atoms with van der Waals surface area (Å²) in [5.41, 5.74) is 5.38. The first-order chi connectivity index (χ1) is 15.7. The van der Waals surface area contributed by atoms with Crippen molar-refractivity contribution in [3.63, 3.8) is 0 Å². The van der Waals surface area contributed by atoms with Crippen LogP contribution in [0.15, 0.2) is 65.5 Å². The number of rotatable bonds is 4. The topological polar surface area (TPSA) is 72.6 Å². The average Bonchev–Trinajstić information content (AvgIpc) is 3.53. The van der Waals surface area contributed by atoms with Gasteiger partial charge in [-0.1, -0.05) is 53.7 Å². The van der Waals surface area contributed by atoms with Gasteiger partial charge in [0.15, 0.2) is 5.78 Å². The Kier molecular flexibility index (Phi) is 4.59. The Balaban J connectivity index is 1.16. The van der Waals surface area contributed by atoms with Crippen LogP contribution in [0.1, 0.15) is 53.1 Å². The van der Waals surface area contributed by atoms with Crippen LogP contribution in [0.4, 0.5) is 4.79 Å². The highest BCUT2D eigenvalue weighted by Crippen LogP contribution is 2.45. The molecule has 2 bridgehead atoms. The van der Waals surface area contributed by atoms with Crippen LogP contribution in [0.25, 0.3) is 11.1 Å². The van der Waals surface area contributed by atoms with Gasteiger partial charge in [-0.2, -0.15) is 0 Å². The molecule has 1 aromatic heterocycles. The normalized spacial score (nSPS) is 23.6. The Morgan fingerprint density at radius 3 is 2.19 bits per heavy atom. The number of aromatic nitrogens is 1. The number of ether oxygens (including phenoxy) is 1. The van der Waals surface area contributed by atoms with Gasteiger partial charge in [-0.15, -0.1) is 0 Å². The maximum absolute atomic E-state index is 13.1. The van der Waals surface area contributed by atoms with E-state index in [0.29, 0.717) is 25.0 Å². The van der Waals surface area contributed by atoms with E-state index in [1.54, 1.807) is 0 Å². The highest BCUT2D eigenvalue weighted by molar-refractivity contribution is 5.97. The molecular formula is C26H24N2O4. The van der Waals surface area contributed by atoms with Gasteiger partial charge in [0.05, 0.1) is 11.8 Å². The van der Waals surface area contributed by atoms with Crippen LogP contribution >= 0.6 is 0 Å². The van der Waals surface area contributed by atoms with Crippen LogP contribution in [-0.2, 0) is 4.74 Å². The summed E-state index contributed by atoms with van der Waals surface area (Å²) >= 11 is 0. The van der Waals surface area contributed by atoms with Gasteiger partial charge in [-0.3, -0.25) is 4.79 Å². The molecule has 6 nitrogen and oxygen atoms in total. The molecule has 2 aliphatic heterocycles. The van der Waals surface area contributed by atoms with Crippen molar-refractivity contribution in [1.29, 1.82) is 0 Å². The van der Waals surface area contributed by atoms with Crippen molar-refractivity contribution < 1.29 is 18.8 Å². The molecule has 0 saturated carbocycles. The van der Waals surface area contributed by atoms with E-state index < -0.39 is 0 Å². The lowest BCUT2D eigenvalue weighted by molar-refractivity contribution is 0.0505. The van der Waals surface area contributed by atoms with Gasteiger partial charge in [0, 0.05) is 23.9 Å². The number of hydrogen-bond acceptors (Lipinski definition) is 5. The number of ketones is 1. The van der Waals surface area contributed by atoms with Crippen LogP contribution in [0.2, 0.25) is 0 Å². The summed E-state index contributed by atoms with van der Waals surface area (Å²) in [7, 11) is 0. The number of nitrogens with zero attached hydrogens (tertiary/aromatic N) is 2. The van der Waals surface area contributed by atoms with Crippen LogP contribution < -0.4 is 0 Å². The van der Waals surface area contributed by atoms with E-state index in [0.717, 1.165) is 12.8 Å². The Morgan fingerprint density at radius 1 is 0.969 bits per heavy atom. The first-order valence-corrected chi connectivity index (χ1v) is 11.3. The van der Waals surface area contributed by atoms with Crippen molar-refractivity contribution in [1.82, 2.24) is 10.1 Å². The van der Waals surface area contributed by atoms with E-state index in [1.807, 2.05) is 29.2 Å². The first kappa shape index (κ1) is 19.3. The second-order valence-electron chi connectivity index (χ2n) is 9.04. The Morgan fingerprint density at radius 2 is 1.59 bits per heavy atom. The maximum atomic E-state index is 13.1. The number of carbonyl (C=O) groups excluding carboxylic acids is 2. The lowest BCUT2D eigenvalue weighted by atomic mass is 9.86. The Labute approximate surface area is 186 Å². The lowest BCUT2D eigenvalue weighted by Crippen LogP contribution is -2.48. The Bertz CT molecular complexity index is 1110. The van der Waals surface area contributed by atoms with Crippen LogP contribution in [0.3, 0.4) is 0 Å². The molecule has 1 amide bonds. The van der Waals surface area contributed by atoms with E-state index >= 15 is 0 Å². The summed E-state index contributed by atoms with van der Waals surface area (Å²) in [6, 6.07) is 16.8. The quantitative estimate of drug-likeness (QED) is 0.544. The summed E-state index contributed by atoms with van der Waals surface area (Å²) in [6.45, 7) is 0.325. The van der Waals surface area contributed by atoms with Gasteiger partial charge in [0.25, 0.3) is 0 Å². The minimum atomic E-state index is -0.254. The molecule has 6 rings (SSSR count). The number of benzene rings is 2. The molecule has 0 N–H and O–H groups in total. The highest BCUT2D eigenvalue weighted by atomic mass is 16.6. The molecular weight excluding hydrogens is 404 g/mol. The number of piperidine rings is 1. The number of carbonyl (C=O) groups is 2. The zero-order valence-corrected chi connectivity index (χ0v) is 17.6. The standard InChI is InChI=1S/C26H24N2O4/c29-25(17-13-27-32-14-17)16-11-18-9-10-19(12-16)28(18)26(30)31-15-24-22-7-3-1-5-20(22)21-6-2-4-8-23(21)24/h1-8,13-14,16,18-19,24H,9-12,15H2. The van der Waals surface area contributed by atoms with Crippen LogP contribution in [-0.4, -0.2) is 40.6 Å². The monoisotopic (exact) mass is 428 g/mol. The maximum Gasteiger partial charge on any atom is 0.410 e. The van der Waals surface area contributed by atoms with Crippen molar-refractivity contribution >= 4 is 11.9 Å². The fraction of sp³-hybridized carbons (Fsp3) is 0.346. The predicted octanol–water partition coefficient (Wildman–Crippen LogP) is 5.05. The van der Waals surface area contributed by atoms with Gasteiger partial charge in [0.1, 0.15) is 12.9 Å². The molecule has 2 aromatic carbocycles. The predicted molar refractivity (Wildman–Crippen MR) is 117 cm³/mol. The largest absolute Gasteiger partial charge is 0.448 e. The van der Waals surface area contributed by atoms with Crippen LogP contribution in [0.5, 0.6) is 0 Å². The summed E-state index contributed by atoms with van der Waals surface area (Å²) in [5.74, 6) is 0.0246. The van der Waals surface area contributed by atoms with E-state index in [9.17, 15) is 9.59 Å². The van der Waals surface area contributed by atoms with Crippen molar-refractivity contribution in [2.24, 2.45) is 5.92 Å². The molecule has 2 unspecified atom stereocenters. The summed E-state index contributed by atoms with van der Waals surface area (Å²) in [6.07, 6.45) is 5.81. The highest BCUT2D eigenvalue weighted by Gasteiger charge is 2.46. The molecule has 0 spiro atoms. The first-order valence-electron chi connectivity index (χ1n) is 11.3. The zero-order chi connectivity index (χ0) is 21.7. The molecule has 162 valence electrons. The number of amides is 1. The molecule has 2 atom stereocenters. The molecule has 3 aliphatic rings. The summed E-state index contributed by atoms with van der Waals surface area (Å²) in [5, 5.41) is 3.65. The van der Waals surface area contributed by atoms with Crippen molar-refractivity contribution in [2.75, 3.05) is 6.61 Å². The minimum absolute atomic E-state index is 0.0525. The third-order valence-corrected chi connectivity index (χ3v) is 7.37. The molecule has 2 saturated heterocycles. The summed E-state index contributed by atoms with van der Waals surface area (Å²) < 4.78 is 10.7. The number of Topliss-reactive ketones (excluding diaryl/α,β-unsaturated/α-hetero) is 1. The van der Waals surface area contributed by atoms with Gasteiger partial charge in [-0.05, 0) is 47.9 Å². The van der Waals surface area contributed by atoms with E-state index in [4.69, 9.17) is 9.26 Å². The van der Waals surface area contributed by atoms with Crippen LogP contribution in [0, 0.1) is 5.92 Å². The summed E-state index contributed by atoms with van der Waals surface area (Å²) in [4.78, 5) is 27.8. The Hall–Kier alpha value is -3.41. The molecule has 32 heavy (non-hydrogen) atoms. The number of fused-ring (bicyclic) bond motifs is 5.